The first kappa shape index (κ1) is 33.9. The van der Waals surface area contributed by atoms with E-state index in [2.05, 4.69) is 59.9 Å². The van der Waals surface area contributed by atoms with E-state index in [9.17, 15) is 24.6 Å². The van der Waals surface area contributed by atoms with Crippen LogP contribution in [0.25, 0.3) is 0 Å². The van der Waals surface area contributed by atoms with Crippen LogP contribution in [0.3, 0.4) is 0 Å². The van der Waals surface area contributed by atoms with Crippen molar-refractivity contribution in [3.05, 3.63) is 11.6 Å². The molecule has 0 spiro atoms. The summed E-state index contributed by atoms with van der Waals surface area (Å²) in [6.45, 7) is 18.3. The number of esters is 2. The lowest BCUT2D eigenvalue weighted by atomic mass is 9.34. The molecule has 0 aromatic heterocycles. The first-order valence-electron chi connectivity index (χ1n) is 17.7. The van der Waals surface area contributed by atoms with Gasteiger partial charge in [0, 0.05) is 30.7 Å². The summed E-state index contributed by atoms with van der Waals surface area (Å²) >= 11 is 0. The second-order valence-electron chi connectivity index (χ2n) is 17.4. The molecule has 46 heavy (non-hydrogen) atoms. The molecule has 5 fully saturated rings. The fourth-order valence-electron chi connectivity index (χ4n) is 12.2. The Labute approximate surface area is 274 Å². The van der Waals surface area contributed by atoms with Crippen molar-refractivity contribution in [3.63, 3.8) is 0 Å². The number of fused-ring (bicyclic) bond motifs is 3. The third-order valence-corrected chi connectivity index (χ3v) is 15.0. The van der Waals surface area contributed by atoms with Crippen LogP contribution in [-0.4, -0.2) is 72.2 Å². The van der Waals surface area contributed by atoms with E-state index in [1.54, 1.807) is 0 Å². The van der Waals surface area contributed by atoms with Gasteiger partial charge in [-0.2, -0.15) is 0 Å². The summed E-state index contributed by atoms with van der Waals surface area (Å²) in [6.07, 6.45) is 5.65. The van der Waals surface area contributed by atoms with Gasteiger partial charge in [-0.1, -0.05) is 60.1 Å². The number of aliphatic hydroxyl groups is 1. The standard InChI is InChI=1S/C37H57NO8/c1-20(2)21(3)33(5)13-14-35(7)24-9-10-28-34(6)18-44-19-37(28,25(24)11-12-36(35,8)29(33)31(41)42)16-27(45-22(4)39)30(34)46-32(43)26-15-23(40)17-38-26/h11,20-21,23-24,26-30,38,40H,9-10,12-19H2,1-8H3,(H,41,42)/t21-,23-,24+,26?,27-,28+,29-,30+,33-,34-,35-,36+,37+/m1/s1. The number of rotatable bonds is 6. The summed E-state index contributed by atoms with van der Waals surface area (Å²) < 4.78 is 18.8. The zero-order valence-electron chi connectivity index (χ0n) is 29.2. The number of aliphatic carboxylic acids is 1. The minimum absolute atomic E-state index is 0.154. The second-order valence-corrected chi connectivity index (χ2v) is 17.4. The van der Waals surface area contributed by atoms with Gasteiger partial charge in [0.05, 0.1) is 25.2 Å². The molecule has 1 unspecified atom stereocenters. The number of carboxylic acids is 1. The summed E-state index contributed by atoms with van der Waals surface area (Å²) in [7, 11) is 0. The fraction of sp³-hybridized carbons (Fsp3) is 0.865. The van der Waals surface area contributed by atoms with Gasteiger partial charge in [-0.25, -0.2) is 0 Å². The Kier molecular flexibility index (Phi) is 8.33. The summed E-state index contributed by atoms with van der Waals surface area (Å²) in [5, 5.41) is 24.0. The lowest BCUT2D eigenvalue weighted by Crippen LogP contribution is -2.70. The molecule has 0 aromatic rings. The largest absolute Gasteiger partial charge is 0.481 e. The average molecular weight is 644 g/mol. The number of carbonyl (C=O) groups is 3. The molecule has 3 saturated carbocycles. The van der Waals surface area contributed by atoms with Gasteiger partial charge in [0.15, 0.2) is 0 Å². The smallest absolute Gasteiger partial charge is 0.323 e. The lowest BCUT2D eigenvalue weighted by molar-refractivity contribution is -0.263. The van der Waals surface area contributed by atoms with E-state index in [1.165, 1.54) is 12.5 Å². The molecule has 2 heterocycles. The first-order chi connectivity index (χ1) is 21.4. The molecule has 0 radical (unpaired) electrons. The molecule has 2 bridgehead atoms. The molecule has 3 N–H and O–H groups in total. The van der Waals surface area contributed by atoms with E-state index in [0.29, 0.717) is 44.9 Å². The van der Waals surface area contributed by atoms with Gasteiger partial charge in [-0.05, 0) is 78.4 Å². The van der Waals surface area contributed by atoms with Crippen molar-refractivity contribution >= 4 is 17.9 Å². The molecule has 258 valence electrons. The van der Waals surface area contributed by atoms with Crippen molar-refractivity contribution < 1.29 is 38.8 Å². The molecule has 13 atom stereocenters. The summed E-state index contributed by atoms with van der Waals surface area (Å²) in [5.74, 6) is -0.974. The van der Waals surface area contributed by atoms with Crippen LogP contribution in [0, 0.1) is 56.7 Å². The number of hydrogen-bond donors (Lipinski definition) is 3. The first-order valence-corrected chi connectivity index (χ1v) is 17.7. The number of nitrogens with one attached hydrogen (secondary N) is 1. The summed E-state index contributed by atoms with van der Waals surface area (Å²) in [4.78, 5) is 39.3. The van der Waals surface area contributed by atoms with Gasteiger partial charge in [0.25, 0.3) is 0 Å². The molecule has 9 heteroatoms. The van der Waals surface area contributed by atoms with E-state index >= 15 is 0 Å². The maximum Gasteiger partial charge on any atom is 0.323 e. The van der Waals surface area contributed by atoms with Crippen LogP contribution in [0.1, 0.15) is 100 Å². The van der Waals surface area contributed by atoms with Gasteiger partial charge in [-0.3, -0.25) is 14.4 Å². The van der Waals surface area contributed by atoms with Crippen LogP contribution in [0.15, 0.2) is 11.6 Å². The zero-order chi connectivity index (χ0) is 33.6. The van der Waals surface area contributed by atoms with Gasteiger partial charge in [0.1, 0.15) is 18.2 Å². The van der Waals surface area contributed by atoms with Crippen molar-refractivity contribution in [1.29, 1.82) is 0 Å². The maximum absolute atomic E-state index is 13.4. The van der Waals surface area contributed by atoms with Crippen LogP contribution >= 0.6 is 0 Å². The number of β-amino-alcohol motifs (C(OH)–C–C–N with tert-alkyl or cyclic N) is 1. The molecule has 9 nitrogen and oxygen atoms in total. The highest BCUT2D eigenvalue weighted by molar-refractivity contribution is 5.77. The normalized spacial score (nSPS) is 48.7. The third-order valence-electron chi connectivity index (χ3n) is 15.0. The highest BCUT2D eigenvalue weighted by Gasteiger charge is 2.72. The zero-order valence-corrected chi connectivity index (χ0v) is 29.2. The van der Waals surface area contributed by atoms with Crippen molar-refractivity contribution in [2.75, 3.05) is 19.8 Å². The average Bonchev–Trinajstić information content (AvgIpc) is 3.41. The quantitative estimate of drug-likeness (QED) is 0.266. The maximum atomic E-state index is 13.4. The lowest BCUT2D eigenvalue weighted by Gasteiger charge is -2.71. The molecule has 0 amide bonds. The number of allylic oxidation sites excluding steroid dienone is 1. The Morgan fingerprint density at radius 1 is 1.02 bits per heavy atom. The minimum Gasteiger partial charge on any atom is -0.481 e. The number of carboxylic acid groups (broad SMARTS) is 1. The summed E-state index contributed by atoms with van der Waals surface area (Å²) in [6, 6.07) is -0.597. The summed E-state index contributed by atoms with van der Waals surface area (Å²) in [5.41, 5.74) is -0.588. The minimum atomic E-state index is -0.679. The Balaban J connectivity index is 1.40. The van der Waals surface area contributed by atoms with Gasteiger partial charge in [0.2, 0.25) is 0 Å². The van der Waals surface area contributed by atoms with Crippen LogP contribution in [0.2, 0.25) is 0 Å². The molecule has 2 saturated heterocycles. The van der Waals surface area contributed by atoms with Gasteiger partial charge < -0.3 is 29.7 Å². The number of ether oxygens (including phenoxy) is 3. The number of hydrogen-bond acceptors (Lipinski definition) is 8. The Hall–Kier alpha value is -1.97. The topological polar surface area (TPSA) is 131 Å². The van der Waals surface area contributed by atoms with Crippen LogP contribution in [0.5, 0.6) is 0 Å². The van der Waals surface area contributed by atoms with Crippen molar-refractivity contribution in [1.82, 2.24) is 5.32 Å². The molecular weight excluding hydrogens is 586 g/mol. The highest BCUT2D eigenvalue weighted by atomic mass is 16.6. The fourth-order valence-corrected chi connectivity index (χ4v) is 12.2. The van der Waals surface area contributed by atoms with E-state index in [0.717, 1.165) is 25.7 Å². The SMILES string of the molecule is CC(=O)O[C@@H]1C[C@@]23COC[C@](C)([C@@H]2CC[C@H]2C3=CC[C@@]3(C)[C@H](C(=O)O)[C@@](C)([C@H](C)C(C)C)CC[C@]23C)[C@H]1OC(=O)C1C[C@@H](O)CN1. The van der Waals surface area contributed by atoms with Crippen LogP contribution in [0.4, 0.5) is 0 Å². The second kappa shape index (κ2) is 11.3. The van der Waals surface area contributed by atoms with Crippen molar-refractivity contribution in [2.45, 2.75) is 125 Å². The Morgan fingerprint density at radius 3 is 2.35 bits per heavy atom. The highest BCUT2D eigenvalue weighted by Crippen LogP contribution is 2.75. The van der Waals surface area contributed by atoms with Crippen LogP contribution in [-0.2, 0) is 28.6 Å². The van der Waals surface area contributed by atoms with E-state index in [4.69, 9.17) is 14.2 Å². The van der Waals surface area contributed by atoms with E-state index in [-0.39, 0.29) is 28.6 Å². The molecular formula is C37H57NO8. The monoisotopic (exact) mass is 643 g/mol. The van der Waals surface area contributed by atoms with Gasteiger partial charge >= 0.3 is 17.9 Å². The molecule has 2 aliphatic heterocycles. The molecule has 4 aliphatic carbocycles. The number of carbonyl (C=O) groups excluding carboxylic acids is 2. The van der Waals surface area contributed by atoms with E-state index < -0.39 is 64.4 Å². The van der Waals surface area contributed by atoms with E-state index in [1.807, 2.05) is 0 Å². The Bertz CT molecular complexity index is 1300. The molecule has 6 aliphatic rings. The Morgan fingerprint density at radius 2 is 1.74 bits per heavy atom. The predicted molar refractivity (Wildman–Crippen MR) is 171 cm³/mol. The third kappa shape index (κ3) is 4.67. The van der Waals surface area contributed by atoms with Crippen molar-refractivity contribution in [3.8, 4) is 0 Å². The predicted octanol–water partition coefficient (Wildman–Crippen LogP) is 5.14. The molecule has 0 aromatic carbocycles. The number of aliphatic hydroxyl groups excluding tert-OH is 1. The molecule has 6 rings (SSSR count). The van der Waals surface area contributed by atoms with Gasteiger partial charge in [-0.15, -0.1) is 0 Å². The van der Waals surface area contributed by atoms with Crippen LogP contribution < -0.4 is 5.32 Å². The van der Waals surface area contributed by atoms with Crippen molar-refractivity contribution in [2.24, 2.45) is 56.7 Å².